The molecule has 0 aliphatic heterocycles. The van der Waals surface area contributed by atoms with E-state index >= 15 is 0 Å². The number of anilines is 1. The van der Waals surface area contributed by atoms with Crippen LogP contribution in [-0.4, -0.2) is 37.3 Å². The Morgan fingerprint density at radius 2 is 1.28 bits per heavy atom. The van der Waals surface area contributed by atoms with Crippen molar-refractivity contribution in [3.8, 4) is 5.75 Å². The van der Waals surface area contributed by atoms with E-state index in [4.69, 9.17) is 24.7 Å². The second-order valence-corrected chi connectivity index (χ2v) is 6.89. The maximum atomic E-state index is 10.9. The van der Waals surface area contributed by atoms with Crippen LogP contribution >= 0.6 is 15.2 Å². The van der Waals surface area contributed by atoms with E-state index in [2.05, 4.69) is 0 Å². The first-order valence-electron chi connectivity index (χ1n) is 4.70. The van der Waals surface area contributed by atoms with Gasteiger partial charge in [-0.3, -0.25) is 9.13 Å². The highest BCUT2D eigenvalue weighted by Gasteiger charge is 2.25. The SMILES string of the molecule is O=P(O)(O)CN(CP(=O)(O)O)c1ccc(O)cc1. The molecular formula is C8H13NO7P2. The highest BCUT2D eigenvalue weighted by molar-refractivity contribution is 7.53. The summed E-state index contributed by atoms with van der Waals surface area (Å²) in [6, 6.07) is 5.12. The molecule has 10 heteroatoms. The van der Waals surface area contributed by atoms with Gasteiger partial charge in [0.05, 0.1) is 0 Å². The second kappa shape index (κ2) is 5.40. The summed E-state index contributed by atoms with van der Waals surface area (Å²) in [7, 11) is -8.93. The molecule has 0 fully saturated rings. The van der Waals surface area contributed by atoms with Gasteiger partial charge in [0.2, 0.25) is 0 Å². The molecule has 1 aromatic carbocycles. The van der Waals surface area contributed by atoms with Crippen LogP contribution in [0.15, 0.2) is 24.3 Å². The van der Waals surface area contributed by atoms with Crippen molar-refractivity contribution >= 4 is 20.9 Å². The third-order valence-electron chi connectivity index (χ3n) is 1.92. The Morgan fingerprint density at radius 3 is 1.61 bits per heavy atom. The van der Waals surface area contributed by atoms with Gasteiger partial charge in [-0.2, -0.15) is 0 Å². The van der Waals surface area contributed by atoms with Gasteiger partial charge in [0.25, 0.3) is 0 Å². The molecule has 0 spiro atoms. The van der Waals surface area contributed by atoms with E-state index in [1.807, 2.05) is 0 Å². The highest BCUT2D eigenvalue weighted by Crippen LogP contribution is 2.42. The highest BCUT2D eigenvalue weighted by atomic mass is 31.2. The molecule has 0 bridgehead atoms. The van der Waals surface area contributed by atoms with Crippen LogP contribution in [0.4, 0.5) is 5.69 Å². The minimum atomic E-state index is -4.47. The maximum Gasteiger partial charge on any atom is 0.344 e. The fourth-order valence-corrected chi connectivity index (χ4v) is 2.89. The van der Waals surface area contributed by atoms with Crippen LogP contribution in [-0.2, 0) is 9.13 Å². The van der Waals surface area contributed by atoms with Crippen molar-refractivity contribution in [2.75, 3.05) is 17.5 Å². The molecule has 0 aliphatic carbocycles. The summed E-state index contributed by atoms with van der Waals surface area (Å²) in [6.45, 7) is 0. The molecule has 1 aromatic rings. The smallest absolute Gasteiger partial charge is 0.344 e. The molecule has 0 saturated heterocycles. The second-order valence-electron chi connectivity index (χ2n) is 3.67. The van der Waals surface area contributed by atoms with E-state index in [1.165, 1.54) is 24.3 Å². The predicted octanol–water partition coefficient (Wildman–Crippen LogP) is 0.469. The van der Waals surface area contributed by atoms with Crippen molar-refractivity contribution in [1.29, 1.82) is 0 Å². The molecule has 18 heavy (non-hydrogen) atoms. The summed E-state index contributed by atoms with van der Waals surface area (Å²) < 4.78 is 21.8. The van der Waals surface area contributed by atoms with Crippen LogP contribution < -0.4 is 4.90 Å². The standard InChI is InChI=1S/C8H13NO7P2/c10-8-3-1-7(2-4-8)9(5-17(11,12)13)6-18(14,15)16/h1-4,10H,5-6H2,(H2,11,12,13)(H2,14,15,16). The average Bonchev–Trinajstić information content (AvgIpc) is 2.13. The zero-order chi connectivity index (χ0) is 14.0. The van der Waals surface area contributed by atoms with Crippen LogP contribution in [0.5, 0.6) is 5.75 Å². The van der Waals surface area contributed by atoms with E-state index in [1.54, 1.807) is 0 Å². The van der Waals surface area contributed by atoms with Gasteiger partial charge in [0, 0.05) is 5.69 Å². The lowest BCUT2D eigenvalue weighted by Crippen LogP contribution is -2.25. The zero-order valence-corrected chi connectivity index (χ0v) is 10.9. The number of hydrogen-bond donors (Lipinski definition) is 5. The minimum absolute atomic E-state index is 0.0638. The van der Waals surface area contributed by atoms with Crippen molar-refractivity contribution in [3.05, 3.63) is 24.3 Å². The summed E-state index contributed by atoms with van der Waals surface area (Å²) in [4.78, 5) is 36.3. The van der Waals surface area contributed by atoms with Gasteiger partial charge in [-0.1, -0.05) is 0 Å². The van der Waals surface area contributed by atoms with Gasteiger partial charge in [-0.25, -0.2) is 0 Å². The summed E-state index contributed by atoms with van der Waals surface area (Å²) in [5.41, 5.74) is 0.194. The normalized spacial score (nSPS) is 12.4. The number of hydrogen-bond acceptors (Lipinski definition) is 4. The zero-order valence-electron chi connectivity index (χ0n) is 9.12. The first kappa shape index (κ1) is 15.2. The Hall–Kier alpha value is -0.880. The molecule has 0 heterocycles. The number of nitrogens with zero attached hydrogens (tertiary/aromatic N) is 1. The molecule has 0 amide bonds. The van der Waals surface area contributed by atoms with Crippen molar-refractivity contribution < 1.29 is 33.8 Å². The van der Waals surface area contributed by atoms with Crippen LogP contribution in [0.2, 0.25) is 0 Å². The average molecular weight is 297 g/mol. The van der Waals surface area contributed by atoms with Gasteiger partial charge in [0.15, 0.2) is 0 Å². The van der Waals surface area contributed by atoms with Gasteiger partial charge >= 0.3 is 15.2 Å². The van der Waals surface area contributed by atoms with Crippen molar-refractivity contribution in [3.63, 3.8) is 0 Å². The van der Waals surface area contributed by atoms with Crippen LogP contribution in [0.3, 0.4) is 0 Å². The lowest BCUT2D eigenvalue weighted by atomic mass is 10.3. The first-order chi connectivity index (χ1) is 8.07. The van der Waals surface area contributed by atoms with Crippen molar-refractivity contribution in [2.45, 2.75) is 0 Å². The Labute approximate surface area is 103 Å². The third-order valence-corrected chi connectivity index (χ3v) is 3.34. The maximum absolute atomic E-state index is 10.9. The fraction of sp³-hybridized carbons (Fsp3) is 0.250. The Morgan fingerprint density at radius 1 is 0.889 bits per heavy atom. The molecule has 0 aromatic heterocycles. The fourth-order valence-electron chi connectivity index (χ4n) is 1.32. The minimum Gasteiger partial charge on any atom is -0.508 e. The molecular weight excluding hydrogens is 284 g/mol. The van der Waals surface area contributed by atoms with Gasteiger partial charge < -0.3 is 29.6 Å². The molecule has 102 valence electrons. The summed E-state index contributed by atoms with van der Waals surface area (Å²) in [5, 5.41) is 9.08. The topological polar surface area (TPSA) is 139 Å². The van der Waals surface area contributed by atoms with Gasteiger partial charge in [-0.15, -0.1) is 0 Å². The van der Waals surface area contributed by atoms with Crippen LogP contribution in [0.1, 0.15) is 0 Å². The molecule has 5 N–H and O–H groups in total. The quantitative estimate of drug-likeness (QED) is 0.494. The molecule has 8 nitrogen and oxygen atoms in total. The van der Waals surface area contributed by atoms with Gasteiger partial charge in [0.1, 0.15) is 18.3 Å². The van der Waals surface area contributed by atoms with Crippen molar-refractivity contribution in [1.82, 2.24) is 0 Å². The largest absolute Gasteiger partial charge is 0.508 e. The number of rotatable bonds is 5. The number of phenols is 1. The summed E-state index contributed by atoms with van der Waals surface area (Å²) in [5.74, 6) is -0.0638. The van der Waals surface area contributed by atoms with Crippen LogP contribution in [0.25, 0.3) is 0 Å². The Bertz CT molecular complexity index is 467. The molecule has 1 rings (SSSR count). The van der Waals surface area contributed by atoms with E-state index < -0.39 is 27.8 Å². The Balaban J connectivity index is 3.00. The third kappa shape index (κ3) is 5.64. The lowest BCUT2D eigenvalue weighted by molar-refractivity contribution is 0.366. The summed E-state index contributed by atoms with van der Waals surface area (Å²) >= 11 is 0. The predicted molar refractivity (Wildman–Crippen MR) is 64.4 cm³/mol. The van der Waals surface area contributed by atoms with Crippen molar-refractivity contribution in [2.24, 2.45) is 0 Å². The molecule has 0 unspecified atom stereocenters. The van der Waals surface area contributed by atoms with E-state index in [0.717, 1.165) is 4.90 Å². The van der Waals surface area contributed by atoms with E-state index in [-0.39, 0.29) is 11.4 Å². The van der Waals surface area contributed by atoms with Gasteiger partial charge in [-0.05, 0) is 24.3 Å². The monoisotopic (exact) mass is 297 g/mol. The number of phenolic OH excluding ortho intramolecular Hbond substituents is 1. The number of benzene rings is 1. The summed E-state index contributed by atoms with van der Waals surface area (Å²) in [6.07, 6.45) is -1.63. The molecule has 0 aliphatic rings. The number of aromatic hydroxyl groups is 1. The lowest BCUT2D eigenvalue weighted by Gasteiger charge is -2.25. The first-order valence-corrected chi connectivity index (χ1v) is 8.29. The van der Waals surface area contributed by atoms with Crippen LogP contribution in [0, 0.1) is 0 Å². The Kier molecular flexibility index (Phi) is 4.55. The molecule has 0 atom stereocenters. The van der Waals surface area contributed by atoms with E-state index in [0.29, 0.717) is 0 Å². The molecule has 0 radical (unpaired) electrons. The molecule has 0 saturated carbocycles. The van der Waals surface area contributed by atoms with E-state index in [9.17, 15) is 9.13 Å².